The van der Waals surface area contributed by atoms with Gasteiger partial charge in [0, 0.05) is 39.2 Å². The van der Waals surface area contributed by atoms with E-state index < -0.39 is 5.97 Å². The quantitative estimate of drug-likeness (QED) is 0.386. The monoisotopic (exact) mass is 393 g/mol. The van der Waals surface area contributed by atoms with Crippen molar-refractivity contribution in [1.82, 2.24) is 9.97 Å². The minimum Gasteiger partial charge on any atom is -0.462 e. The number of H-pyrrole nitrogens is 1. The van der Waals surface area contributed by atoms with Gasteiger partial charge in [-0.15, -0.1) is 11.3 Å². The summed E-state index contributed by atoms with van der Waals surface area (Å²) in [6, 6.07) is 7.85. The van der Waals surface area contributed by atoms with Crippen LogP contribution in [0.2, 0.25) is 0 Å². The molecule has 0 atom stereocenters. The van der Waals surface area contributed by atoms with Crippen molar-refractivity contribution in [2.24, 2.45) is 0 Å². The van der Waals surface area contributed by atoms with Gasteiger partial charge in [-0.1, -0.05) is 18.2 Å². The van der Waals surface area contributed by atoms with E-state index in [-0.39, 0.29) is 12.4 Å². The van der Waals surface area contributed by atoms with Crippen LogP contribution in [0.5, 0.6) is 0 Å². The van der Waals surface area contributed by atoms with Crippen molar-refractivity contribution >= 4 is 49.9 Å². The minimum atomic E-state index is -0.477. The molecule has 0 saturated heterocycles. The zero-order valence-electron chi connectivity index (χ0n) is 15.8. The van der Waals surface area contributed by atoms with Crippen LogP contribution in [0.3, 0.4) is 0 Å². The highest BCUT2D eigenvalue weighted by atomic mass is 32.1. The zero-order valence-corrected chi connectivity index (χ0v) is 16.6. The standard InChI is InChI=1S/C21H19N3O3S/c1-4-27-21(26)19-18(22)17-16(13-9-23-14-8-6-5-7-12(13)14)15(11(3)25)10(2)24-20(17)28-19/h5-9,23H,4,22H2,1-3H3. The Kier molecular flexibility index (Phi) is 4.39. The van der Waals surface area contributed by atoms with Gasteiger partial charge in [-0.2, -0.15) is 0 Å². The average molecular weight is 393 g/mol. The number of aromatic amines is 1. The number of Topliss-reactive ketones (excluding diaryl/α,β-unsaturated/α-hetero) is 1. The molecule has 4 rings (SSSR count). The number of para-hydroxylation sites is 1. The largest absolute Gasteiger partial charge is 0.462 e. The first-order chi connectivity index (χ1) is 13.4. The van der Waals surface area contributed by atoms with E-state index in [1.807, 2.05) is 30.5 Å². The van der Waals surface area contributed by atoms with Crippen LogP contribution < -0.4 is 5.73 Å². The van der Waals surface area contributed by atoms with Crippen molar-refractivity contribution in [1.29, 1.82) is 0 Å². The molecule has 1 aromatic carbocycles. The van der Waals surface area contributed by atoms with Crippen LogP contribution in [-0.4, -0.2) is 28.3 Å². The molecule has 0 radical (unpaired) electrons. The molecule has 28 heavy (non-hydrogen) atoms. The number of thiophene rings is 1. The highest BCUT2D eigenvalue weighted by molar-refractivity contribution is 7.21. The third-order valence-electron chi connectivity index (χ3n) is 4.73. The molecule has 7 heteroatoms. The number of nitrogens with one attached hydrogen (secondary N) is 1. The Labute approximate surface area is 165 Å². The fourth-order valence-electron chi connectivity index (χ4n) is 3.59. The lowest BCUT2D eigenvalue weighted by Crippen LogP contribution is -2.06. The van der Waals surface area contributed by atoms with Crippen LogP contribution in [-0.2, 0) is 4.74 Å². The van der Waals surface area contributed by atoms with E-state index >= 15 is 0 Å². The second-order valence-electron chi connectivity index (χ2n) is 6.50. The van der Waals surface area contributed by atoms with Crippen molar-refractivity contribution in [2.75, 3.05) is 12.3 Å². The summed E-state index contributed by atoms with van der Waals surface area (Å²) in [4.78, 5) is 33.6. The van der Waals surface area contributed by atoms with Gasteiger partial charge in [-0.25, -0.2) is 9.78 Å². The molecular formula is C21H19N3O3S. The van der Waals surface area contributed by atoms with E-state index in [2.05, 4.69) is 9.97 Å². The number of fused-ring (bicyclic) bond motifs is 2. The Bertz CT molecular complexity index is 1250. The molecule has 0 aliphatic rings. The van der Waals surface area contributed by atoms with Gasteiger partial charge in [-0.05, 0) is 26.8 Å². The number of carbonyl (C=O) groups is 2. The summed E-state index contributed by atoms with van der Waals surface area (Å²) in [5, 5.41) is 1.59. The third-order valence-corrected chi connectivity index (χ3v) is 5.81. The van der Waals surface area contributed by atoms with Crippen molar-refractivity contribution in [3.63, 3.8) is 0 Å². The van der Waals surface area contributed by atoms with Gasteiger partial charge in [-0.3, -0.25) is 4.79 Å². The van der Waals surface area contributed by atoms with Crippen molar-refractivity contribution in [3.05, 3.63) is 46.6 Å². The van der Waals surface area contributed by atoms with E-state index in [9.17, 15) is 9.59 Å². The van der Waals surface area contributed by atoms with Crippen LogP contribution in [0.25, 0.3) is 32.2 Å². The molecular weight excluding hydrogens is 374 g/mol. The van der Waals surface area contributed by atoms with Gasteiger partial charge >= 0.3 is 5.97 Å². The predicted octanol–water partition coefficient (Wildman–Crippen LogP) is 4.71. The lowest BCUT2D eigenvalue weighted by molar-refractivity contribution is 0.0533. The number of hydrogen-bond acceptors (Lipinski definition) is 6. The molecule has 0 bridgehead atoms. The van der Waals surface area contributed by atoms with Gasteiger partial charge in [0.25, 0.3) is 0 Å². The summed E-state index contributed by atoms with van der Waals surface area (Å²) in [5.74, 6) is -0.578. The molecule has 0 fully saturated rings. The van der Waals surface area contributed by atoms with Gasteiger partial charge in [0.05, 0.1) is 18.0 Å². The normalized spacial score (nSPS) is 11.2. The van der Waals surface area contributed by atoms with Crippen molar-refractivity contribution < 1.29 is 14.3 Å². The number of hydrogen-bond donors (Lipinski definition) is 2. The molecule has 0 saturated carbocycles. The van der Waals surface area contributed by atoms with Crippen LogP contribution in [0.15, 0.2) is 30.5 Å². The number of nitrogens with zero attached hydrogens (tertiary/aromatic N) is 1. The third kappa shape index (κ3) is 2.66. The van der Waals surface area contributed by atoms with E-state index in [1.165, 1.54) is 18.3 Å². The summed E-state index contributed by atoms with van der Waals surface area (Å²) in [5.41, 5.74) is 10.3. The molecule has 0 unspecified atom stereocenters. The number of benzene rings is 1. The van der Waals surface area contributed by atoms with E-state index in [0.717, 1.165) is 16.5 Å². The van der Waals surface area contributed by atoms with Crippen LogP contribution >= 0.6 is 11.3 Å². The first kappa shape index (κ1) is 18.2. The van der Waals surface area contributed by atoms with Gasteiger partial charge < -0.3 is 15.5 Å². The lowest BCUT2D eigenvalue weighted by atomic mass is 9.93. The van der Waals surface area contributed by atoms with E-state index in [4.69, 9.17) is 10.5 Å². The molecule has 0 aliphatic heterocycles. The number of anilines is 1. The van der Waals surface area contributed by atoms with Gasteiger partial charge in [0.2, 0.25) is 0 Å². The van der Waals surface area contributed by atoms with Crippen molar-refractivity contribution in [3.8, 4) is 11.1 Å². The summed E-state index contributed by atoms with van der Waals surface area (Å²) >= 11 is 1.19. The summed E-state index contributed by atoms with van der Waals surface area (Å²) in [7, 11) is 0. The van der Waals surface area contributed by atoms with Gasteiger partial charge in [0.15, 0.2) is 5.78 Å². The van der Waals surface area contributed by atoms with Crippen LogP contribution in [0, 0.1) is 6.92 Å². The second-order valence-corrected chi connectivity index (χ2v) is 7.50. The fourth-order valence-corrected chi connectivity index (χ4v) is 4.64. The fraction of sp³-hybridized carbons (Fsp3) is 0.190. The Balaban J connectivity index is 2.14. The van der Waals surface area contributed by atoms with Crippen molar-refractivity contribution in [2.45, 2.75) is 20.8 Å². The Hall–Kier alpha value is -3.19. The Morgan fingerprint density at radius 1 is 1.29 bits per heavy atom. The number of aryl methyl sites for hydroxylation is 1. The highest BCUT2D eigenvalue weighted by Crippen LogP contribution is 2.44. The second kappa shape index (κ2) is 6.76. The predicted molar refractivity (Wildman–Crippen MR) is 112 cm³/mol. The maximum absolute atomic E-state index is 12.5. The summed E-state index contributed by atoms with van der Waals surface area (Å²) in [6.45, 7) is 5.32. The first-order valence-electron chi connectivity index (χ1n) is 8.91. The number of nitrogens with two attached hydrogens (primary N) is 1. The number of ketones is 1. The Morgan fingerprint density at radius 2 is 2.04 bits per heavy atom. The maximum Gasteiger partial charge on any atom is 0.350 e. The molecule has 4 aromatic rings. The Morgan fingerprint density at radius 3 is 2.75 bits per heavy atom. The summed E-state index contributed by atoms with van der Waals surface area (Å²) in [6.07, 6.45) is 1.87. The number of esters is 1. The molecule has 3 heterocycles. The smallest absolute Gasteiger partial charge is 0.350 e. The maximum atomic E-state index is 12.5. The molecule has 142 valence electrons. The molecule has 3 N–H and O–H groups in total. The summed E-state index contributed by atoms with van der Waals surface area (Å²) < 4.78 is 5.14. The average Bonchev–Trinajstić information content (AvgIpc) is 3.22. The number of carbonyl (C=O) groups excluding carboxylic acids is 2. The number of ether oxygens (including phenoxy) is 1. The zero-order chi connectivity index (χ0) is 20.0. The number of pyridine rings is 1. The topological polar surface area (TPSA) is 98.1 Å². The highest BCUT2D eigenvalue weighted by Gasteiger charge is 2.26. The molecule has 6 nitrogen and oxygen atoms in total. The molecule has 0 aliphatic carbocycles. The van der Waals surface area contributed by atoms with Crippen LogP contribution in [0.4, 0.5) is 5.69 Å². The number of nitrogen functional groups attached to an aromatic ring is 1. The molecule has 0 amide bonds. The van der Waals surface area contributed by atoms with Gasteiger partial charge in [0.1, 0.15) is 9.71 Å². The molecule has 3 aromatic heterocycles. The van der Waals surface area contributed by atoms with E-state index in [0.29, 0.717) is 37.6 Å². The first-order valence-corrected chi connectivity index (χ1v) is 9.72. The molecule has 0 spiro atoms. The van der Waals surface area contributed by atoms with Crippen LogP contribution in [0.1, 0.15) is 39.6 Å². The number of aromatic nitrogens is 2. The number of rotatable bonds is 4. The lowest BCUT2D eigenvalue weighted by Gasteiger charge is -2.12. The SMILES string of the molecule is CCOC(=O)c1sc2nc(C)c(C(C)=O)c(-c3c[nH]c4ccccc34)c2c1N. The minimum absolute atomic E-state index is 0.101. The van der Waals surface area contributed by atoms with E-state index in [1.54, 1.807) is 13.8 Å².